The average molecular weight is 709 g/mol. The Hall–Kier alpha value is -5.08. The molecule has 274 valence electrons. The van der Waals surface area contributed by atoms with Crippen molar-refractivity contribution in [2.75, 3.05) is 0 Å². The molecule has 8 rings (SSSR count). The maximum Gasteiger partial charge on any atom is 0.0541 e. The molecule has 6 aromatic carbocycles. The second kappa shape index (κ2) is 12.2. The largest absolute Gasteiger partial charge is 0.309 e. The topological polar surface area (TPSA) is 9.86 Å². The molecule has 0 saturated carbocycles. The van der Waals surface area contributed by atoms with Crippen LogP contribution in [-0.2, 0) is 21.7 Å². The number of aromatic nitrogens is 2. The van der Waals surface area contributed by atoms with Crippen LogP contribution < -0.4 is 0 Å². The van der Waals surface area contributed by atoms with Crippen LogP contribution in [0, 0.1) is 0 Å². The van der Waals surface area contributed by atoms with E-state index in [1.807, 2.05) is 0 Å². The molecule has 8 aromatic rings. The zero-order chi connectivity index (χ0) is 38.5. The molecule has 0 atom stereocenters. The first-order valence-electron chi connectivity index (χ1n) is 19.7. The molecule has 0 N–H and O–H groups in total. The van der Waals surface area contributed by atoms with E-state index < -0.39 is 0 Å². The number of rotatable bonds is 3. The van der Waals surface area contributed by atoms with Gasteiger partial charge in [0.25, 0.3) is 0 Å². The lowest BCUT2D eigenvalue weighted by molar-refractivity contribution is 0.590. The van der Waals surface area contributed by atoms with Crippen LogP contribution in [-0.4, -0.2) is 9.13 Å². The van der Waals surface area contributed by atoms with Gasteiger partial charge in [-0.05, 0) is 128 Å². The Kier molecular flexibility index (Phi) is 8.13. The van der Waals surface area contributed by atoms with Crippen LogP contribution in [0.3, 0.4) is 0 Å². The molecule has 2 nitrogen and oxygen atoms in total. The van der Waals surface area contributed by atoms with Crippen molar-refractivity contribution >= 4 is 43.6 Å². The molecule has 0 amide bonds. The zero-order valence-corrected chi connectivity index (χ0v) is 34.4. The maximum absolute atomic E-state index is 2.44. The summed E-state index contributed by atoms with van der Waals surface area (Å²) in [5.41, 5.74) is 15.5. The maximum atomic E-state index is 2.44. The molecule has 2 aromatic heterocycles. The van der Waals surface area contributed by atoms with Gasteiger partial charge in [0.2, 0.25) is 0 Å². The summed E-state index contributed by atoms with van der Waals surface area (Å²) >= 11 is 0. The summed E-state index contributed by atoms with van der Waals surface area (Å²) in [5.74, 6) is 0. The van der Waals surface area contributed by atoms with Crippen LogP contribution in [0.15, 0.2) is 121 Å². The van der Waals surface area contributed by atoms with E-state index in [0.29, 0.717) is 0 Å². The van der Waals surface area contributed by atoms with Crippen molar-refractivity contribution in [1.82, 2.24) is 9.13 Å². The van der Waals surface area contributed by atoms with Gasteiger partial charge in [-0.25, -0.2) is 0 Å². The zero-order valence-electron chi connectivity index (χ0n) is 34.4. The van der Waals surface area contributed by atoms with Crippen molar-refractivity contribution in [2.24, 2.45) is 0 Å². The minimum absolute atomic E-state index is 0.0779. The Bertz CT molecular complexity index is 2370. The predicted octanol–water partition coefficient (Wildman–Crippen LogP) is 14.7. The van der Waals surface area contributed by atoms with E-state index in [-0.39, 0.29) is 21.7 Å². The molecule has 2 heterocycles. The minimum Gasteiger partial charge on any atom is -0.309 e. The summed E-state index contributed by atoms with van der Waals surface area (Å²) in [6.07, 6.45) is 0. The Morgan fingerprint density at radius 1 is 0.278 bits per heavy atom. The van der Waals surface area contributed by atoms with Gasteiger partial charge in [-0.15, -0.1) is 0 Å². The summed E-state index contributed by atoms with van der Waals surface area (Å²) in [5, 5.41) is 5.27. The highest BCUT2D eigenvalue weighted by atomic mass is 15.0. The molecule has 0 aliphatic rings. The van der Waals surface area contributed by atoms with Crippen molar-refractivity contribution in [2.45, 2.75) is 105 Å². The van der Waals surface area contributed by atoms with Gasteiger partial charge in [0, 0.05) is 32.9 Å². The highest BCUT2D eigenvalue weighted by Gasteiger charge is 2.23. The van der Waals surface area contributed by atoms with Crippen LogP contribution in [0.1, 0.15) is 105 Å². The summed E-state index contributed by atoms with van der Waals surface area (Å²) in [7, 11) is 0. The summed E-state index contributed by atoms with van der Waals surface area (Å²) in [6.45, 7) is 27.6. The molecule has 54 heavy (non-hydrogen) atoms. The number of hydrogen-bond acceptors (Lipinski definition) is 0. The van der Waals surface area contributed by atoms with Gasteiger partial charge < -0.3 is 9.13 Å². The first-order chi connectivity index (χ1) is 25.3. The van der Waals surface area contributed by atoms with Crippen LogP contribution >= 0.6 is 0 Å². The highest BCUT2D eigenvalue weighted by Crippen LogP contribution is 2.40. The average Bonchev–Trinajstić information content (AvgIpc) is 3.62. The predicted molar refractivity (Wildman–Crippen MR) is 235 cm³/mol. The molecule has 0 aliphatic carbocycles. The van der Waals surface area contributed by atoms with Gasteiger partial charge in [-0.3, -0.25) is 0 Å². The molecule has 2 heteroatoms. The quantitative estimate of drug-likeness (QED) is 0.173. The lowest BCUT2D eigenvalue weighted by atomic mass is 9.85. The molecule has 0 fully saturated rings. The van der Waals surface area contributed by atoms with Crippen LogP contribution in [0.4, 0.5) is 0 Å². The van der Waals surface area contributed by atoms with Crippen LogP contribution in [0.2, 0.25) is 0 Å². The smallest absolute Gasteiger partial charge is 0.0541 e. The van der Waals surface area contributed by atoms with Crippen molar-refractivity contribution < 1.29 is 0 Å². The third-order valence-electron chi connectivity index (χ3n) is 11.6. The number of hydrogen-bond donors (Lipinski definition) is 0. The van der Waals surface area contributed by atoms with Gasteiger partial charge in [0.15, 0.2) is 0 Å². The molecular weight excluding hydrogens is 653 g/mol. The Labute approximate surface area is 322 Å². The van der Waals surface area contributed by atoms with E-state index in [2.05, 4.69) is 214 Å². The Morgan fingerprint density at radius 3 is 0.704 bits per heavy atom. The van der Waals surface area contributed by atoms with Gasteiger partial charge in [0.05, 0.1) is 22.1 Å². The minimum atomic E-state index is 0.0779. The number of nitrogens with zero attached hydrogens (tertiary/aromatic N) is 2. The van der Waals surface area contributed by atoms with Gasteiger partial charge in [0.1, 0.15) is 0 Å². The monoisotopic (exact) mass is 708 g/mol. The summed E-state index contributed by atoms with van der Waals surface area (Å²) < 4.78 is 4.88. The molecule has 0 unspecified atom stereocenters. The molecule has 0 bridgehead atoms. The first kappa shape index (κ1) is 35.9. The van der Waals surface area contributed by atoms with E-state index in [0.717, 1.165) is 0 Å². The summed E-state index contributed by atoms with van der Waals surface area (Å²) in [4.78, 5) is 0. The normalized spacial score (nSPS) is 13.2. The van der Waals surface area contributed by atoms with Crippen molar-refractivity contribution in [3.8, 4) is 22.5 Å². The van der Waals surface area contributed by atoms with Crippen molar-refractivity contribution in [3.05, 3.63) is 144 Å². The molecule has 0 aliphatic heterocycles. The van der Waals surface area contributed by atoms with Gasteiger partial charge in [-0.2, -0.15) is 0 Å². The lowest BCUT2D eigenvalue weighted by Gasteiger charge is -2.19. The second-order valence-corrected chi connectivity index (χ2v) is 19.7. The van der Waals surface area contributed by atoms with E-state index in [1.165, 1.54) is 88.4 Å². The molecule has 0 saturated heterocycles. The second-order valence-electron chi connectivity index (χ2n) is 19.7. The lowest BCUT2D eigenvalue weighted by Crippen LogP contribution is -2.10. The van der Waals surface area contributed by atoms with E-state index >= 15 is 0 Å². The van der Waals surface area contributed by atoms with E-state index in [9.17, 15) is 0 Å². The van der Waals surface area contributed by atoms with Crippen LogP contribution in [0.25, 0.3) is 66.1 Å². The molecule has 0 radical (unpaired) electrons. The SMILES string of the molecule is CC(C)(C)c1ccc2c(c1)c1cc(C(C)(C)C)ccc1n2-c1ccc(-c2ccc(-n3c4ccc(C(C)(C)C)cc4c4cc(C(C)(C)C)ccc43)cc2)cc1. The van der Waals surface area contributed by atoms with Crippen LogP contribution in [0.5, 0.6) is 0 Å². The fourth-order valence-corrected chi connectivity index (χ4v) is 8.07. The summed E-state index contributed by atoms with van der Waals surface area (Å²) in [6, 6.07) is 46.4. The number of benzene rings is 6. The van der Waals surface area contributed by atoms with E-state index in [4.69, 9.17) is 0 Å². The standard InChI is InChI=1S/C52H56N2/c1-49(2,3)35-17-25-45-41(29-35)42-30-36(50(4,5)6)18-26-46(42)53(45)39-21-13-33(14-22-39)34-15-23-40(24-16-34)54-47-27-19-37(51(7,8)9)31-43(47)44-32-38(52(10,11)12)20-28-48(44)54/h13-32H,1-12H3. The fourth-order valence-electron chi connectivity index (χ4n) is 8.07. The Morgan fingerprint density at radius 2 is 0.500 bits per heavy atom. The van der Waals surface area contributed by atoms with Crippen molar-refractivity contribution in [1.29, 1.82) is 0 Å². The van der Waals surface area contributed by atoms with Gasteiger partial charge in [-0.1, -0.05) is 132 Å². The molecule has 0 spiro atoms. The highest BCUT2D eigenvalue weighted by molar-refractivity contribution is 6.11. The third kappa shape index (κ3) is 6.14. The van der Waals surface area contributed by atoms with E-state index in [1.54, 1.807) is 0 Å². The van der Waals surface area contributed by atoms with Gasteiger partial charge >= 0.3 is 0 Å². The van der Waals surface area contributed by atoms with Crippen molar-refractivity contribution in [3.63, 3.8) is 0 Å². The Balaban J connectivity index is 1.20. The fraction of sp³-hybridized carbons (Fsp3) is 0.308. The first-order valence-corrected chi connectivity index (χ1v) is 19.7. The third-order valence-corrected chi connectivity index (χ3v) is 11.6. The number of fused-ring (bicyclic) bond motifs is 6. The molecular formula is C52H56N2.